The molecule has 0 amide bonds. The Hall–Kier alpha value is -12.4. The highest BCUT2D eigenvalue weighted by Gasteiger charge is 2.46. The molecule has 2 aliphatic rings. The average molecular weight is 1270 g/mol. The van der Waals surface area contributed by atoms with Gasteiger partial charge in [-0.15, -0.1) is 0 Å². The van der Waals surface area contributed by atoms with Gasteiger partial charge >= 0.3 is 0 Å². The lowest BCUT2D eigenvalue weighted by molar-refractivity contribution is 0.590. The van der Waals surface area contributed by atoms with Crippen LogP contribution in [-0.4, -0.2) is 15.7 Å². The van der Waals surface area contributed by atoms with Crippen LogP contribution in [0, 0.1) is 0 Å². The molecule has 15 aromatic carbocycles. The van der Waals surface area contributed by atoms with E-state index in [0.29, 0.717) is 5.69 Å². The first kappa shape index (κ1) is 49.1. The van der Waals surface area contributed by atoms with Gasteiger partial charge in [0, 0.05) is 83.0 Å². The third-order valence-corrected chi connectivity index (χ3v) is 20.8. The monoisotopic (exact) mass is 1270 g/mol. The molecule has 2 aliphatic heterocycles. The molecule has 5 heteroatoms. The van der Waals surface area contributed by atoms with Gasteiger partial charge in [0.25, 0.3) is 6.71 Å². The molecule has 0 atom stereocenters. The van der Waals surface area contributed by atoms with E-state index in [1.54, 1.807) is 4.57 Å². The second kappa shape index (κ2) is 22.1. The van der Waals surface area contributed by atoms with Gasteiger partial charge in [-0.25, -0.2) is 0 Å². The van der Waals surface area contributed by atoms with Crippen LogP contribution in [0.3, 0.4) is 0 Å². The number of para-hydroxylation sites is 6. The van der Waals surface area contributed by atoms with Crippen molar-refractivity contribution in [3.63, 3.8) is 0 Å². The van der Waals surface area contributed by atoms with Gasteiger partial charge in [-0.1, -0.05) is 312 Å². The van der Waals surface area contributed by atoms with Crippen molar-refractivity contribution in [1.82, 2.24) is 8.97 Å². The third-order valence-electron chi connectivity index (χ3n) is 20.8. The van der Waals surface area contributed by atoms with E-state index in [2.05, 4.69) is 308 Å². The molecular weight excluding hydrogens is 1200 g/mol. The molecule has 0 radical (unpaired) electrons. The summed E-state index contributed by atoms with van der Waals surface area (Å²) in [7, 11) is 0. The quantitative estimate of drug-likeness (QED) is 0.148. The second-order valence-electron chi connectivity index (χ2n) is 27.2. The van der Waals surface area contributed by atoms with Gasteiger partial charge in [0.1, 0.15) is 0 Å². The van der Waals surface area contributed by atoms with Crippen LogP contribution < -0.4 is 26.2 Å². The van der Waals surface area contributed by atoms with Crippen LogP contribution in [0.2, 0.25) is 0 Å². The summed E-state index contributed by atoms with van der Waals surface area (Å²) in [6.45, 7) is 6.31. The minimum atomic E-state index is -0.549. The first-order valence-electron chi connectivity index (χ1n) is 38.0. The number of hydrogen-bond acceptors (Lipinski definition) is 2. The summed E-state index contributed by atoms with van der Waals surface area (Å²) in [5.74, 6) is 0. The van der Waals surface area contributed by atoms with Crippen LogP contribution in [-0.2, 0) is 5.41 Å². The van der Waals surface area contributed by atoms with Crippen LogP contribution in [0.15, 0.2) is 340 Å². The summed E-state index contributed by atoms with van der Waals surface area (Å²) >= 11 is 0. The normalized spacial score (nSPS) is 13.9. The van der Waals surface area contributed by atoms with Gasteiger partial charge in [0.05, 0.1) is 49.9 Å². The van der Waals surface area contributed by atoms with Crippen molar-refractivity contribution in [2.75, 3.05) is 9.80 Å². The average Bonchev–Trinajstić information content (AvgIpc) is 1.63. The van der Waals surface area contributed by atoms with Crippen molar-refractivity contribution in [2.45, 2.75) is 26.2 Å². The molecule has 18 aromatic rings. The van der Waals surface area contributed by atoms with E-state index >= 15 is 0 Å². The highest BCUT2D eigenvalue weighted by molar-refractivity contribution is 7.00. The van der Waals surface area contributed by atoms with Gasteiger partial charge in [-0.2, -0.15) is 0 Å². The maximum atomic E-state index is 9.87. The Bertz CT molecular complexity index is 6720. The first-order chi connectivity index (χ1) is 52.1. The number of nitrogens with zero attached hydrogens (tertiary/aromatic N) is 4. The van der Waals surface area contributed by atoms with Gasteiger partial charge in [0.15, 0.2) is 0 Å². The van der Waals surface area contributed by atoms with E-state index in [0.717, 1.165) is 160 Å². The standard InChI is InChI=1S/C94H65BN4/c1-94(2,3)64-55-88-90-89(56-64)99(92-68(62-33-12-6-13-34-62)46-27-47-69(92)63-35-14-7-15-36-63)87-59-85-79(73-40-19-17-38-71(73)70-37-16-18-39-72(70)77-48-28-49-78-76-43-22-25-52-84(76)97(85)93(77)78)58-81(87)95(90)80-54-53-65(96-82-50-23-20-41-74(82)75-42-21-24-51-83(75)96)57-86(80)98(88)91-66(60-29-8-4-9-30-60)44-26-45-67(91)61-31-10-5-11-32-61/h4-59H,1-3H3/i20D,21D,23D,24D,41D,42D,50D,51D. The van der Waals surface area contributed by atoms with E-state index in [-0.39, 0.29) is 33.9 Å². The topological polar surface area (TPSA) is 15.8 Å². The highest BCUT2D eigenvalue weighted by atomic mass is 15.2. The molecule has 3 aromatic heterocycles. The largest absolute Gasteiger partial charge is 0.310 e. The predicted octanol–water partition coefficient (Wildman–Crippen LogP) is 23.4. The molecule has 464 valence electrons. The third kappa shape index (κ3) is 8.60. The zero-order valence-electron chi connectivity index (χ0n) is 62.6. The van der Waals surface area contributed by atoms with E-state index in [4.69, 9.17) is 2.74 Å². The molecule has 0 unspecified atom stereocenters. The lowest BCUT2D eigenvalue weighted by Gasteiger charge is -2.46. The number of hydrogen-bond donors (Lipinski definition) is 0. The molecule has 5 heterocycles. The molecule has 0 saturated carbocycles. The molecule has 0 aliphatic carbocycles. The maximum absolute atomic E-state index is 9.87. The predicted molar refractivity (Wildman–Crippen MR) is 423 cm³/mol. The number of benzene rings is 15. The van der Waals surface area contributed by atoms with Gasteiger partial charge < -0.3 is 18.8 Å². The summed E-state index contributed by atoms with van der Waals surface area (Å²) in [4.78, 5) is 5.05. The summed E-state index contributed by atoms with van der Waals surface area (Å²) in [5.41, 5.74) is 20.8. The first-order valence-corrected chi connectivity index (χ1v) is 34.0. The fourth-order valence-corrected chi connectivity index (χ4v) is 16.5. The summed E-state index contributed by atoms with van der Waals surface area (Å²) in [6.07, 6.45) is 0. The molecule has 4 nitrogen and oxygen atoms in total. The van der Waals surface area contributed by atoms with Crippen LogP contribution in [0.4, 0.5) is 34.1 Å². The Morgan fingerprint density at radius 2 is 0.707 bits per heavy atom. The molecule has 20 rings (SSSR count). The molecular formula is C94H65BN4. The van der Waals surface area contributed by atoms with Crippen molar-refractivity contribution in [2.24, 2.45) is 0 Å². The zero-order chi connectivity index (χ0) is 72.6. The summed E-state index contributed by atoms with van der Waals surface area (Å²) in [6, 6.07) is 102. The molecule has 0 bridgehead atoms. The van der Waals surface area contributed by atoms with Crippen LogP contribution in [0.1, 0.15) is 37.3 Å². The Morgan fingerprint density at radius 1 is 0.303 bits per heavy atom. The number of aromatic nitrogens is 2. The van der Waals surface area contributed by atoms with Crippen molar-refractivity contribution < 1.29 is 11.0 Å². The fraction of sp³-hybridized carbons (Fsp3) is 0.0426. The summed E-state index contributed by atoms with van der Waals surface area (Å²) < 4.78 is 79.9. The fourth-order valence-electron chi connectivity index (χ4n) is 16.5. The zero-order valence-corrected chi connectivity index (χ0v) is 54.6. The summed E-state index contributed by atoms with van der Waals surface area (Å²) in [5, 5.41) is 8.84. The van der Waals surface area contributed by atoms with Crippen LogP contribution in [0.25, 0.3) is 132 Å². The molecule has 0 N–H and O–H groups in total. The molecule has 99 heavy (non-hydrogen) atoms. The SMILES string of the molecule is [2H]c1c([2H])c([2H])c2c(c1[2H])c1c([2H])c([2H])c([2H])c([2H])c1n2-c1ccc2c(c1)N(c1c(-c3ccccc3)cccc1-c1ccccc1)c1cc(C(C)(C)C)cc3c1B2c1cc2c4ccccc4c4ccccc4c4cccc5c6ccccc6n(c2cc1N3c1c(-c2ccccc2)cccc1-c1ccccc1)c45. The minimum Gasteiger partial charge on any atom is -0.310 e. The Labute approximate surface area is 586 Å². The van der Waals surface area contributed by atoms with Crippen molar-refractivity contribution in [3.05, 3.63) is 345 Å². The molecule has 0 fully saturated rings. The molecule has 0 spiro atoms. The number of anilines is 6. The highest BCUT2D eigenvalue weighted by Crippen LogP contribution is 2.55. The minimum absolute atomic E-state index is 0.00990. The molecule has 0 saturated heterocycles. The van der Waals surface area contributed by atoms with Gasteiger partial charge in [-0.3, -0.25) is 0 Å². The lowest BCUT2D eigenvalue weighted by atomic mass is 9.33. The van der Waals surface area contributed by atoms with Crippen molar-refractivity contribution in [3.8, 4) is 50.2 Å². The lowest BCUT2D eigenvalue weighted by Crippen LogP contribution is -2.61. The smallest absolute Gasteiger partial charge is 0.252 e. The van der Waals surface area contributed by atoms with E-state index in [1.807, 2.05) is 18.2 Å². The van der Waals surface area contributed by atoms with Crippen LogP contribution in [0.5, 0.6) is 0 Å². The van der Waals surface area contributed by atoms with Crippen molar-refractivity contribution >= 4 is 139 Å². The van der Waals surface area contributed by atoms with E-state index in [9.17, 15) is 8.22 Å². The number of rotatable bonds is 7. The van der Waals surface area contributed by atoms with Crippen molar-refractivity contribution in [1.29, 1.82) is 0 Å². The Kier molecular flexibility index (Phi) is 10.9. The van der Waals surface area contributed by atoms with E-state index in [1.165, 1.54) is 0 Å². The maximum Gasteiger partial charge on any atom is 0.252 e. The van der Waals surface area contributed by atoms with Crippen LogP contribution >= 0.6 is 0 Å². The van der Waals surface area contributed by atoms with Gasteiger partial charge in [0.2, 0.25) is 0 Å². The Morgan fingerprint density at radius 3 is 1.20 bits per heavy atom. The number of fused-ring (bicyclic) bond motifs is 17. The Balaban J connectivity index is 1.04. The van der Waals surface area contributed by atoms with E-state index < -0.39 is 48.4 Å². The van der Waals surface area contributed by atoms with Gasteiger partial charge in [-0.05, 0) is 120 Å². The second-order valence-corrected chi connectivity index (χ2v) is 27.2.